The summed E-state index contributed by atoms with van der Waals surface area (Å²) in [6, 6.07) is 13.2. The number of nitrogens with one attached hydrogen (secondary N) is 1. The van der Waals surface area contributed by atoms with E-state index in [4.69, 9.17) is 11.6 Å². The first-order valence-electron chi connectivity index (χ1n) is 6.20. The minimum absolute atomic E-state index is 0.112. The molecule has 2 aromatic rings. The van der Waals surface area contributed by atoms with E-state index in [-0.39, 0.29) is 11.8 Å². The molecule has 0 radical (unpaired) electrons. The summed E-state index contributed by atoms with van der Waals surface area (Å²) in [5.41, 5.74) is 5.84. The number of benzene rings is 2. The Bertz CT molecular complexity index is 670. The van der Waals surface area contributed by atoms with Crippen LogP contribution in [0.1, 0.15) is 23.6 Å². The van der Waals surface area contributed by atoms with Crippen LogP contribution in [0.5, 0.6) is 5.75 Å². The lowest BCUT2D eigenvalue weighted by Crippen LogP contribution is -2.09. The van der Waals surface area contributed by atoms with Crippen molar-refractivity contribution in [3.8, 4) is 5.75 Å². The van der Waals surface area contributed by atoms with Crippen LogP contribution in [-0.4, -0.2) is 10.8 Å². The molecule has 0 saturated carbocycles. The SMILES string of the molecule is Oc1ccc(Br)cc1C1=NNC(c2ccc(Cl)cc2)C1. The number of hydrogen-bond acceptors (Lipinski definition) is 3. The number of halogens is 2. The average molecular weight is 352 g/mol. The Balaban J connectivity index is 1.82. The highest BCUT2D eigenvalue weighted by Crippen LogP contribution is 2.30. The second-order valence-electron chi connectivity index (χ2n) is 4.66. The predicted octanol–water partition coefficient (Wildman–Crippen LogP) is 4.25. The molecule has 3 rings (SSSR count). The normalized spacial score (nSPS) is 17.7. The van der Waals surface area contributed by atoms with Gasteiger partial charge in [-0.2, -0.15) is 5.10 Å². The van der Waals surface area contributed by atoms with Gasteiger partial charge in [-0.1, -0.05) is 39.7 Å². The molecule has 1 heterocycles. The van der Waals surface area contributed by atoms with E-state index in [1.165, 1.54) is 0 Å². The van der Waals surface area contributed by atoms with Gasteiger partial charge in [-0.3, -0.25) is 0 Å². The molecule has 3 nitrogen and oxygen atoms in total. The molecule has 0 bridgehead atoms. The topological polar surface area (TPSA) is 44.6 Å². The molecule has 0 spiro atoms. The van der Waals surface area contributed by atoms with Gasteiger partial charge in [-0.25, -0.2) is 0 Å². The standard InChI is InChI=1S/C15H12BrClN2O/c16-10-3-6-15(20)12(7-10)14-8-13(18-19-14)9-1-4-11(17)5-2-9/h1-7,13,18,20H,8H2. The Labute approximate surface area is 130 Å². The van der Waals surface area contributed by atoms with Crippen LogP contribution in [0.4, 0.5) is 0 Å². The van der Waals surface area contributed by atoms with Crippen molar-refractivity contribution in [1.29, 1.82) is 0 Å². The van der Waals surface area contributed by atoms with Gasteiger partial charge in [0.25, 0.3) is 0 Å². The van der Waals surface area contributed by atoms with Crippen LogP contribution in [-0.2, 0) is 0 Å². The first kappa shape index (κ1) is 13.5. The van der Waals surface area contributed by atoms with Crippen molar-refractivity contribution in [1.82, 2.24) is 5.43 Å². The summed E-state index contributed by atoms with van der Waals surface area (Å²) in [6.07, 6.45) is 0.728. The maximum absolute atomic E-state index is 9.94. The zero-order valence-corrected chi connectivity index (χ0v) is 12.8. The molecule has 2 N–H and O–H groups in total. The van der Waals surface area contributed by atoms with Crippen LogP contribution in [0.15, 0.2) is 52.0 Å². The largest absolute Gasteiger partial charge is 0.507 e. The molecule has 0 amide bonds. The molecule has 1 atom stereocenters. The molecule has 2 aromatic carbocycles. The summed E-state index contributed by atoms with van der Waals surface area (Å²) in [7, 11) is 0. The van der Waals surface area contributed by atoms with Crippen molar-refractivity contribution in [3.63, 3.8) is 0 Å². The lowest BCUT2D eigenvalue weighted by molar-refractivity contribution is 0.474. The molecule has 102 valence electrons. The molecule has 0 saturated heterocycles. The van der Waals surface area contributed by atoms with Crippen molar-refractivity contribution in [3.05, 3.63) is 63.1 Å². The third kappa shape index (κ3) is 2.67. The summed E-state index contributed by atoms with van der Waals surface area (Å²) in [5.74, 6) is 0.241. The third-order valence-corrected chi connectivity index (χ3v) is 4.04. The first-order chi connectivity index (χ1) is 9.63. The van der Waals surface area contributed by atoms with Gasteiger partial charge in [-0.05, 0) is 35.9 Å². The van der Waals surface area contributed by atoms with Gasteiger partial charge in [0.2, 0.25) is 0 Å². The van der Waals surface area contributed by atoms with E-state index in [0.29, 0.717) is 0 Å². The number of hydrogen-bond donors (Lipinski definition) is 2. The van der Waals surface area contributed by atoms with E-state index in [1.54, 1.807) is 12.1 Å². The fraction of sp³-hybridized carbons (Fsp3) is 0.133. The second kappa shape index (κ2) is 5.46. The fourth-order valence-electron chi connectivity index (χ4n) is 2.24. The average Bonchev–Trinajstić information content (AvgIpc) is 2.92. The first-order valence-corrected chi connectivity index (χ1v) is 7.37. The van der Waals surface area contributed by atoms with E-state index in [0.717, 1.165) is 32.8 Å². The monoisotopic (exact) mass is 350 g/mol. The zero-order valence-electron chi connectivity index (χ0n) is 10.5. The highest BCUT2D eigenvalue weighted by atomic mass is 79.9. The van der Waals surface area contributed by atoms with Crippen LogP contribution in [0.3, 0.4) is 0 Å². The van der Waals surface area contributed by atoms with Crippen LogP contribution in [0.2, 0.25) is 5.02 Å². The smallest absolute Gasteiger partial charge is 0.124 e. The molecular formula is C15H12BrClN2O. The van der Waals surface area contributed by atoms with Gasteiger partial charge in [0.05, 0.1) is 11.8 Å². The van der Waals surface area contributed by atoms with Crippen molar-refractivity contribution >= 4 is 33.2 Å². The van der Waals surface area contributed by atoms with Crippen LogP contribution in [0.25, 0.3) is 0 Å². The Morgan fingerprint density at radius 2 is 1.95 bits per heavy atom. The van der Waals surface area contributed by atoms with Gasteiger partial charge in [0, 0.05) is 21.5 Å². The number of rotatable bonds is 2. The molecule has 0 aromatic heterocycles. The number of phenolic OH excluding ortho intramolecular Hbond substituents is 1. The van der Waals surface area contributed by atoms with Gasteiger partial charge >= 0.3 is 0 Å². The van der Waals surface area contributed by atoms with Crippen LogP contribution >= 0.6 is 27.5 Å². The summed E-state index contributed by atoms with van der Waals surface area (Å²) >= 11 is 9.30. The van der Waals surface area contributed by atoms with E-state index in [2.05, 4.69) is 26.5 Å². The van der Waals surface area contributed by atoms with Gasteiger partial charge in [0.1, 0.15) is 5.75 Å². The number of hydrazone groups is 1. The highest BCUT2D eigenvalue weighted by molar-refractivity contribution is 9.10. The second-order valence-corrected chi connectivity index (χ2v) is 6.01. The van der Waals surface area contributed by atoms with Crippen molar-refractivity contribution in [2.75, 3.05) is 0 Å². The minimum atomic E-state index is 0.112. The highest BCUT2D eigenvalue weighted by Gasteiger charge is 2.23. The molecule has 0 aliphatic carbocycles. The van der Waals surface area contributed by atoms with Crippen molar-refractivity contribution < 1.29 is 5.11 Å². The Morgan fingerprint density at radius 3 is 2.70 bits per heavy atom. The van der Waals surface area contributed by atoms with Gasteiger partial charge < -0.3 is 10.5 Å². The Morgan fingerprint density at radius 1 is 1.20 bits per heavy atom. The lowest BCUT2D eigenvalue weighted by atomic mass is 9.99. The van der Waals surface area contributed by atoms with Gasteiger partial charge in [-0.15, -0.1) is 0 Å². The van der Waals surface area contributed by atoms with E-state index < -0.39 is 0 Å². The van der Waals surface area contributed by atoms with Crippen LogP contribution in [0, 0.1) is 0 Å². The predicted molar refractivity (Wildman–Crippen MR) is 84.3 cm³/mol. The van der Waals surface area contributed by atoms with Gasteiger partial charge in [0.15, 0.2) is 0 Å². The molecular weight excluding hydrogens is 340 g/mol. The van der Waals surface area contributed by atoms with Crippen LogP contribution < -0.4 is 5.43 Å². The number of phenols is 1. The molecule has 1 unspecified atom stereocenters. The Hall–Kier alpha value is -1.52. The summed E-state index contributed by atoms with van der Waals surface area (Å²) in [6.45, 7) is 0. The quantitative estimate of drug-likeness (QED) is 0.849. The minimum Gasteiger partial charge on any atom is -0.507 e. The molecule has 1 aliphatic rings. The fourth-order valence-corrected chi connectivity index (χ4v) is 2.72. The van der Waals surface area contributed by atoms with Crippen molar-refractivity contribution in [2.45, 2.75) is 12.5 Å². The molecule has 1 aliphatic heterocycles. The third-order valence-electron chi connectivity index (χ3n) is 3.29. The molecule has 20 heavy (non-hydrogen) atoms. The summed E-state index contributed by atoms with van der Waals surface area (Å²) in [5, 5.41) is 15.0. The maximum Gasteiger partial charge on any atom is 0.124 e. The summed E-state index contributed by atoms with van der Waals surface area (Å²) < 4.78 is 0.919. The van der Waals surface area contributed by atoms with E-state index >= 15 is 0 Å². The summed E-state index contributed by atoms with van der Waals surface area (Å²) in [4.78, 5) is 0. The molecule has 5 heteroatoms. The van der Waals surface area contributed by atoms with E-state index in [1.807, 2.05) is 30.3 Å². The maximum atomic E-state index is 9.94. The zero-order chi connectivity index (χ0) is 14.1. The molecule has 0 fully saturated rings. The Kier molecular flexibility index (Phi) is 3.68. The lowest BCUT2D eigenvalue weighted by Gasteiger charge is -2.10. The van der Waals surface area contributed by atoms with Crippen molar-refractivity contribution in [2.24, 2.45) is 5.10 Å². The number of nitrogens with zero attached hydrogens (tertiary/aromatic N) is 1. The van der Waals surface area contributed by atoms with E-state index in [9.17, 15) is 5.11 Å². The number of aromatic hydroxyl groups is 1.